The molecular weight excluding hydrogens is 451 g/mol. The molecule has 0 unspecified atom stereocenters. The number of hydrogen-bond donors (Lipinski definition) is 1. The summed E-state index contributed by atoms with van der Waals surface area (Å²) in [5.41, 5.74) is 1.78. The highest BCUT2D eigenvalue weighted by Gasteiger charge is 2.25. The van der Waals surface area contributed by atoms with Gasteiger partial charge in [0, 0.05) is 18.5 Å². The van der Waals surface area contributed by atoms with Crippen molar-refractivity contribution in [3.8, 4) is 10.6 Å². The van der Waals surface area contributed by atoms with Crippen molar-refractivity contribution in [1.82, 2.24) is 15.1 Å². The molecule has 4 aromatic rings. The van der Waals surface area contributed by atoms with Gasteiger partial charge in [0.1, 0.15) is 10.8 Å². The van der Waals surface area contributed by atoms with E-state index in [0.29, 0.717) is 10.1 Å². The molecule has 0 bridgehead atoms. The van der Waals surface area contributed by atoms with Gasteiger partial charge in [0.25, 0.3) is 5.91 Å². The molecule has 8 heteroatoms. The first kappa shape index (κ1) is 23.3. The van der Waals surface area contributed by atoms with Crippen LogP contribution in [0.3, 0.4) is 0 Å². The minimum Gasteiger partial charge on any atom is -0.331 e. The third-order valence-corrected chi connectivity index (χ3v) is 6.27. The topological polar surface area (TPSA) is 75.2 Å². The van der Waals surface area contributed by atoms with Gasteiger partial charge in [-0.1, -0.05) is 84.1 Å². The molecule has 0 aliphatic rings. The zero-order chi connectivity index (χ0) is 23.9. The van der Waals surface area contributed by atoms with Crippen molar-refractivity contribution in [3.05, 3.63) is 102 Å². The van der Waals surface area contributed by atoms with Crippen LogP contribution in [0.4, 0.5) is 9.52 Å². The molecule has 0 aliphatic carbocycles. The maximum Gasteiger partial charge on any atom is 0.257 e. The Morgan fingerprint density at radius 3 is 2.29 bits per heavy atom. The van der Waals surface area contributed by atoms with Gasteiger partial charge in [-0.15, -0.1) is 10.2 Å². The van der Waals surface area contributed by atoms with Crippen LogP contribution >= 0.6 is 11.3 Å². The van der Waals surface area contributed by atoms with Crippen molar-refractivity contribution in [2.75, 3.05) is 11.9 Å². The summed E-state index contributed by atoms with van der Waals surface area (Å²) in [5, 5.41) is 12.0. The highest BCUT2D eigenvalue weighted by atomic mass is 32.1. The van der Waals surface area contributed by atoms with Gasteiger partial charge >= 0.3 is 0 Å². The molecule has 0 spiro atoms. The summed E-state index contributed by atoms with van der Waals surface area (Å²) in [7, 11) is 0. The minimum absolute atomic E-state index is 0.0254. The quantitative estimate of drug-likeness (QED) is 0.362. The van der Waals surface area contributed by atoms with Crippen LogP contribution < -0.4 is 5.32 Å². The number of carbonyl (C=O) groups excluding carboxylic acids is 2. The molecule has 172 valence electrons. The minimum atomic E-state index is -0.593. The Labute approximate surface area is 201 Å². The Balaban J connectivity index is 1.47. The monoisotopic (exact) mass is 474 g/mol. The normalized spacial score (nSPS) is 11.6. The number of halogens is 1. The zero-order valence-corrected chi connectivity index (χ0v) is 19.3. The van der Waals surface area contributed by atoms with E-state index < -0.39 is 11.7 Å². The first-order valence-corrected chi connectivity index (χ1v) is 11.6. The lowest BCUT2D eigenvalue weighted by atomic mass is 10.0. The number of amides is 2. The molecule has 3 aromatic carbocycles. The highest BCUT2D eigenvalue weighted by molar-refractivity contribution is 7.18. The van der Waals surface area contributed by atoms with Crippen LogP contribution in [0.15, 0.2) is 84.9 Å². The van der Waals surface area contributed by atoms with Crippen molar-refractivity contribution in [1.29, 1.82) is 0 Å². The second kappa shape index (κ2) is 10.8. The zero-order valence-electron chi connectivity index (χ0n) is 18.5. The average Bonchev–Trinajstić information content (AvgIpc) is 3.33. The number of benzene rings is 3. The fourth-order valence-electron chi connectivity index (χ4n) is 3.55. The summed E-state index contributed by atoms with van der Waals surface area (Å²) in [6, 6.07) is 24.5. The molecule has 0 saturated heterocycles. The first-order chi connectivity index (χ1) is 16.5. The Bertz CT molecular complexity index is 1260. The summed E-state index contributed by atoms with van der Waals surface area (Å²) in [4.78, 5) is 27.4. The van der Waals surface area contributed by atoms with Gasteiger partial charge in [-0.3, -0.25) is 9.59 Å². The Morgan fingerprint density at radius 2 is 1.59 bits per heavy atom. The van der Waals surface area contributed by atoms with Gasteiger partial charge in [-0.25, -0.2) is 4.39 Å². The van der Waals surface area contributed by atoms with Gasteiger partial charge in [0.15, 0.2) is 0 Å². The van der Waals surface area contributed by atoms with Gasteiger partial charge in [0.2, 0.25) is 11.0 Å². The predicted molar refractivity (Wildman–Crippen MR) is 131 cm³/mol. The lowest BCUT2D eigenvalue weighted by molar-refractivity contribution is -0.116. The summed E-state index contributed by atoms with van der Waals surface area (Å²) in [5.74, 6) is -1.36. The third kappa shape index (κ3) is 5.52. The summed E-state index contributed by atoms with van der Waals surface area (Å²) < 4.78 is 14.4. The molecule has 4 rings (SSSR count). The van der Waals surface area contributed by atoms with E-state index in [1.807, 2.05) is 67.6 Å². The molecule has 0 fully saturated rings. The molecular formula is C26H23FN4O2S. The van der Waals surface area contributed by atoms with Crippen molar-refractivity contribution in [2.24, 2.45) is 0 Å². The van der Waals surface area contributed by atoms with Crippen LogP contribution in [0.5, 0.6) is 0 Å². The molecule has 1 N–H and O–H groups in total. The van der Waals surface area contributed by atoms with Crippen molar-refractivity contribution < 1.29 is 14.0 Å². The number of rotatable bonds is 8. The summed E-state index contributed by atoms with van der Waals surface area (Å²) in [6.45, 7) is 1.97. The standard InChI is InChI=1S/C26H23FN4O2S/c1-18(19-10-4-2-5-11-19)31(25(33)21-14-8-9-15-22(21)27)17-16-23(32)28-26-30-29-24(34-26)20-12-6-3-7-13-20/h2-15,18H,16-17H2,1H3,(H,28,30,32)/t18-/m1/s1. The van der Waals surface area contributed by atoms with Crippen LogP contribution in [0.25, 0.3) is 10.6 Å². The van der Waals surface area contributed by atoms with E-state index in [9.17, 15) is 14.0 Å². The van der Waals surface area contributed by atoms with E-state index in [1.165, 1.54) is 34.4 Å². The molecule has 0 saturated carbocycles. The molecule has 6 nitrogen and oxygen atoms in total. The van der Waals surface area contributed by atoms with E-state index in [-0.39, 0.29) is 30.5 Å². The average molecular weight is 475 g/mol. The number of nitrogens with zero attached hydrogens (tertiary/aromatic N) is 3. The molecule has 1 atom stereocenters. The number of nitrogens with one attached hydrogen (secondary N) is 1. The van der Waals surface area contributed by atoms with Crippen LogP contribution in [-0.4, -0.2) is 33.5 Å². The van der Waals surface area contributed by atoms with E-state index >= 15 is 0 Å². The number of aromatic nitrogens is 2. The van der Waals surface area contributed by atoms with Crippen molar-refractivity contribution >= 4 is 28.3 Å². The fourth-order valence-corrected chi connectivity index (χ4v) is 4.31. The van der Waals surface area contributed by atoms with Gasteiger partial charge in [0.05, 0.1) is 11.6 Å². The maximum atomic E-state index is 14.4. The van der Waals surface area contributed by atoms with Crippen molar-refractivity contribution in [3.63, 3.8) is 0 Å². The van der Waals surface area contributed by atoms with E-state index in [4.69, 9.17) is 0 Å². The lowest BCUT2D eigenvalue weighted by Crippen LogP contribution is -2.36. The predicted octanol–water partition coefficient (Wildman–Crippen LogP) is 5.58. The number of anilines is 1. The molecule has 0 aliphatic heterocycles. The first-order valence-electron chi connectivity index (χ1n) is 10.8. The molecule has 2 amide bonds. The van der Waals surface area contributed by atoms with Crippen LogP contribution in [0.2, 0.25) is 0 Å². The SMILES string of the molecule is C[C@H](c1ccccc1)N(CCC(=O)Nc1nnc(-c2ccccc2)s1)C(=O)c1ccccc1F. The third-order valence-electron chi connectivity index (χ3n) is 5.39. The maximum absolute atomic E-state index is 14.4. The molecule has 34 heavy (non-hydrogen) atoms. The second-order valence-corrected chi connectivity index (χ2v) is 8.62. The van der Waals surface area contributed by atoms with Gasteiger partial charge < -0.3 is 10.2 Å². The van der Waals surface area contributed by atoms with Crippen LogP contribution in [0.1, 0.15) is 35.3 Å². The van der Waals surface area contributed by atoms with Crippen molar-refractivity contribution in [2.45, 2.75) is 19.4 Å². The highest BCUT2D eigenvalue weighted by Crippen LogP contribution is 2.27. The molecule has 1 heterocycles. The Hall–Kier alpha value is -3.91. The molecule has 1 aromatic heterocycles. The van der Waals surface area contributed by atoms with Gasteiger partial charge in [-0.05, 0) is 24.6 Å². The van der Waals surface area contributed by atoms with E-state index in [0.717, 1.165) is 11.1 Å². The lowest BCUT2D eigenvalue weighted by Gasteiger charge is -2.30. The largest absolute Gasteiger partial charge is 0.331 e. The summed E-state index contributed by atoms with van der Waals surface area (Å²) in [6.07, 6.45) is 0.0254. The number of carbonyl (C=O) groups is 2. The van der Waals surface area contributed by atoms with Crippen LogP contribution in [-0.2, 0) is 4.79 Å². The smallest absolute Gasteiger partial charge is 0.257 e. The molecule has 0 radical (unpaired) electrons. The van der Waals surface area contributed by atoms with E-state index in [2.05, 4.69) is 15.5 Å². The summed E-state index contributed by atoms with van der Waals surface area (Å²) >= 11 is 1.27. The van der Waals surface area contributed by atoms with E-state index in [1.54, 1.807) is 6.07 Å². The second-order valence-electron chi connectivity index (χ2n) is 7.64. The Kier molecular flexibility index (Phi) is 7.39. The number of hydrogen-bond acceptors (Lipinski definition) is 5. The van der Waals surface area contributed by atoms with Gasteiger partial charge in [-0.2, -0.15) is 0 Å². The van der Waals surface area contributed by atoms with Crippen LogP contribution in [0, 0.1) is 5.82 Å². The fraction of sp³-hybridized carbons (Fsp3) is 0.154. The Morgan fingerprint density at radius 1 is 0.941 bits per heavy atom.